The number of anilines is 2. The molecule has 0 fully saturated rings. The van der Waals surface area contributed by atoms with Gasteiger partial charge in [-0.25, -0.2) is 4.79 Å². The molecule has 0 saturated carbocycles. The predicted molar refractivity (Wildman–Crippen MR) is 79.6 cm³/mol. The lowest BCUT2D eigenvalue weighted by Gasteiger charge is -2.14. The van der Waals surface area contributed by atoms with Gasteiger partial charge >= 0.3 is 6.03 Å². The van der Waals surface area contributed by atoms with Crippen molar-refractivity contribution in [3.8, 4) is 0 Å². The van der Waals surface area contributed by atoms with E-state index in [9.17, 15) is 4.79 Å². The Kier molecular flexibility index (Phi) is 3.98. The molecule has 20 heavy (non-hydrogen) atoms. The summed E-state index contributed by atoms with van der Waals surface area (Å²) < 4.78 is 5.46. The van der Waals surface area contributed by atoms with Crippen LogP contribution in [0.4, 0.5) is 16.2 Å². The van der Waals surface area contributed by atoms with E-state index < -0.39 is 0 Å². The number of rotatable bonds is 3. The second-order valence-electron chi connectivity index (χ2n) is 4.81. The third-order valence-electron chi connectivity index (χ3n) is 3.06. The lowest BCUT2D eigenvalue weighted by atomic mass is 10.1. The average molecular weight is 273 g/mol. The van der Waals surface area contributed by atoms with E-state index in [-0.39, 0.29) is 12.1 Å². The number of nitrogen functional groups attached to an aromatic ring is 1. The summed E-state index contributed by atoms with van der Waals surface area (Å²) in [5.41, 5.74) is 7.93. The summed E-state index contributed by atoms with van der Waals surface area (Å²) in [6.45, 7) is 5.69. The number of aryl methyl sites for hydroxylation is 2. The number of carbonyl (C=O) groups excluding carboxylic acids is 1. The topological polar surface area (TPSA) is 80.3 Å². The standard InChI is InChI=1S/C15H19N3O2/c1-9-8-14(11(3)20-9)10(2)17-15(19)18-13-6-4-12(16)5-7-13/h4-8,10H,16H2,1-3H3,(H2,17,18,19). The Balaban J connectivity index is 1.97. The predicted octanol–water partition coefficient (Wildman–Crippen LogP) is 3.36. The van der Waals surface area contributed by atoms with E-state index in [1.807, 2.05) is 26.8 Å². The highest BCUT2D eigenvalue weighted by Crippen LogP contribution is 2.21. The first kappa shape index (κ1) is 14.0. The Bertz CT molecular complexity index is 602. The molecule has 1 aromatic heterocycles. The Morgan fingerprint density at radius 2 is 1.90 bits per heavy atom. The molecule has 5 heteroatoms. The van der Waals surface area contributed by atoms with E-state index in [0.29, 0.717) is 11.4 Å². The van der Waals surface area contributed by atoms with Crippen molar-refractivity contribution in [2.75, 3.05) is 11.1 Å². The summed E-state index contributed by atoms with van der Waals surface area (Å²) in [5.74, 6) is 1.66. The molecule has 0 saturated heterocycles. The maximum absolute atomic E-state index is 11.9. The van der Waals surface area contributed by atoms with Gasteiger partial charge in [0.15, 0.2) is 0 Å². The van der Waals surface area contributed by atoms with Crippen molar-refractivity contribution in [2.45, 2.75) is 26.8 Å². The number of nitrogens with two attached hydrogens (primary N) is 1. The first-order chi connectivity index (χ1) is 9.45. The van der Waals surface area contributed by atoms with Crippen LogP contribution in [-0.2, 0) is 0 Å². The molecule has 0 bridgehead atoms. The molecule has 1 heterocycles. The smallest absolute Gasteiger partial charge is 0.319 e. The van der Waals surface area contributed by atoms with Gasteiger partial charge in [0.1, 0.15) is 11.5 Å². The van der Waals surface area contributed by atoms with E-state index in [1.165, 1.54) is 0 Å². The molecular formula is C15H19N3O2. The number of furan rings is 1. The van der Waals surface area contributed by atoms with Gasteiger partial charge < -0.3 is 20.8 Å². The summed E-state index contributed by atoms with van der Waals surface area (Å²) in [6, 6.07) is 8.54. The molecular weight excluding hydrogens is 254 g/mol. The number of amides is 2. The number of hydrogen-bond acceptors (Lipinski definition) is 3. The Morgan fingerprint density at radius 3 is 2.45 bits per heavy atom. The van der Waals surface area contributed by atoms with Gasteiger partial charge in [-0.05, 0) is 51.1 Å². The molecule has 1 unspecified atom stereocenters. The molecule has 0 aliphatic carbocycles. The van der Waals surface area contributed by atoms with E-state index in [1.54, 1.807) is 24.3 Å². The maximum Gasteiger partial charge on any atom is 0.319 e. The Morgan fingerprint density at radius 1 is 1.25 bits per heavy atom. The van der Waals surface area contributed by atoms with Crippen molar-refractivity contribution in [1.29, 1.82) is 0 Å². The van der Waals surface area contributed by atoms with Crippen LogP contribution in [0.15, 0.2) is 34.7 Å². The van der Waals surface area contributed by atoms with Gasteiger partial charge in [-0.2, -0.15) is 0 Å². The van der Waals surface area contributed by atoms with Crippen LogP contribution in [0.1, 0.15) is 30.0 Å². The molecule has 0 spiro atoms. The Hall–Kier alpha value is -2.43. The number of benzene rings is 1. The van der Waals surface area contributed by atoms with Gasteiger partial charge in [0.05, 0.1) is 6.04 Å². The van der Waals surface area contributed by atoms with Crippen molar-refractivity contribution in [1.82, 2.24) is 5.32 Å². The first-order valence-electron chi connectivity index (χ1n) is 6.45. The molecule has 4 N–H and O–H groups in total. The van der Waals surface area contributed by atoms with Crippen molar-refractivity contribution in [2.24, 2.45) is 0 Å². The van der Waals surface area contributed by atoms with Gasteiger partial charge in [0.25, 0.3) is 0 Å². The van der Waals surface area contributed by atoms with Crippen molar-refractivity contribution >= 4 is 17.4 Å². The number of urea groups is 1. The van der Waals surface area contributed by atoms with E-state index in [2.05, 4.69) is 10.6 Å². The minimum atomic E-state index is -0.263. The molecule has 2 amide bonds. The summed E-state index contributed by atoms with van der Waals surface area (Å²) in [6.07, 6.45) is 0. The summed E-state index contributed by atoms with van der Waals surface area (Å²) >= 11 is 0. The summed E-state index contributed by atoms with van der Waals surface area (Å²) in [7, 11) is 0. The highest BCUT2D eigenvalue weighted by molar-refractivity contribution is 5.89. The molecule has 0 radical (unpaired) electrons. The lowest BCUT2D eigenvalue weighted by molar-refractivity contribution is 0.249. The normalized spacial score (nSPS) is 11.9. The highest BCUT2D eigenvalue weighted by Gasteiger charge is 2.14. The molecule has 106 valence electrons. The van der Waals surface area contributed by atoms with Crippen molar-refractivity contribution < 1.29 is 9.21 Å². The third kappa shape index (κ3) is 3.32. The molecule has 0 aliphatic heterocycles. The van der Waals surface area contributed by atoms with Crippen LogP contribution in [-0.4, -0.2) is 6.03 Å². The van der Waals surface area contributed by atoms with Crippen LogP contribution in [0.3, 0.4) is 0 Å². The Labute approximate surface area is 118 Å². The summed E-state index contributed by atoms with van der Waals surface area (Å²) in [4.78, 5) is 11.9. The van der Waals surface area contributed by atoms with Gasteiger partial charge in [-0.3, -0.25) is 0 Å². The van der Waals surface area contributed by atoms with Crippen molar-refractivity contribution in [3.05, 3.63) is 47.4 Å². The quantitative estimate of drug-likeness (QED) is 0.750. The third-order valence-corrected chi connectivity index (χ3v) is 3.06. The van der Waals surface area contributed by atoms with E-state index in [4.69, 9.17) is 10.2 Å². The number of hydrogen-bond donors (Lipinski definition) is 3. The fourth-order valence-corrected chi connectivity index (χ4v) is 2.09. The van der Waals surface area contributed by atoms with E-state index >= 15 is 0 Å². The van der Waals surface area contributed by atoms with Crippen LogP contribution < -0.4 is 16.4 Å². The number of carbonyl (C=O) groups is 1. The largest absolute Gasteiger partial charge is 0.466 e. The van der Waals surface area contributed by atoms with Gasteiger partial charge in [0.2, 0.25) is 0 Å². The average Bonchev–Trinajstić information content (AvgIpc) is 2.71. The van der Waals surface area contributed by atoms with Crippen LogP contribution in [0.5, 0.6) is 0 Å². The van der Waals surface area contributed by atoms with Crippen LogP contribution >= 0.6 is 0 Å². The van der Waals surface area contributed by atoms with Crippen molar-refractivity contribution in [3.63, 3.8) is 0 Å². The molecule has 1 atom stereocenters. The van der Waals surface area contributed by atoms with E-state index in [0.717, 1.165) is 17.1 Å². The lowest BCUT2D eigenvalue weighted by Crippen LogP contribution is -2.31. The molecule has 1 aromatic carbocycles. The van der Waals surface area contributed by atoms with Crippen LogP contribution in [0.2, 0.25) is 0 Å². The molecule has 2 aromatic rings. The zero-order valence-corrected chi connectivity index (χ0v) is 11.9. The molecule has 0 aliphatic rings. The second kappa shape index (κ2) is 5.69. The monoisotopic (exact) mass is 273 g/mol. The minimum absolute atomic E-state index is 0.124. The maximum atomic E-state index is 11.9. The van der Waals surface area contributed by atoms with Crippen LogP contribution in [0.25, 0.3) is 0 Å². The fourth-order valence-electron chi connectivity index (χ4n) is 2.09. The zero-order valence-electron chi connectivity index (χ0n) is 11.9. The van der Waals surface area contributed by atoms with Crippen LogP contribution in [0, 0.1) is 13.8 Å². The van der Waals surface area contributed by atoms with Gasteiger partial charge in [0, 0.05) is 16.9 Å². The first-order valence-corrected chi connectivity index (χ1v) is 6.45. The van der Waals surface area contributed by atoms with Gasteiger partial charge in [-0.15, -0.1) is 0 Å². The molecule has 5 nitrogen and oxygen atoms in total. The minimum Gasteiger partial charge on any atom is -0.466 e. The fraction of sp³-hybridized carbons (Fsp3) is 0.267. The second-order valence-corrected chi connectivity index (χ2v) is 4.81. The SMILES string of the molecule is Cc1cc(C(C)NC(=O)Nc2ccc(N)cc2)c(C)o1. The zero-order chi connectivity index (χ0) is 14.7. The summed E-state index contributed by atoms with van der Waals surface area (Å²) in [5, 5.41) is 5.63. The van der Waals surface area contributed by atoms with Gasteiger partial charge in [-0.1, -0.05) is 0 Å². The number of nitrogens with one attached hydrogen (secondary N) is 2. The molecule has 2 rings (SSSR count). The highest BCUT2D eigenvalue weighted by atomic mass is 16.3.